The highest BCUT2D eigenvalue weighted by molar-refractivity contribution is 7.99. The Morgan fingerprint density at radius 1 is 1.09 bits per heavy atom. The lowest BCUT2D eigenvalue weighted by molar-refractivity contribution is -0.113. The summed E-state index contributed by atoms with van der Waals surface area (Å²) in [5.41, 5.74) is 3.06. The van der Waals surface area contributed by atoms with Crippen molar-refractivity contribution in [3.05, 3.63) is 70.0 Å². The summed E-state index contributed by atoms with van der Waals surface area (Å²) in [5.74, 6) is 0.637. The van der Waals surface area contributed by atoms with Crippen LogP contribution in [-0.2, 0) is 11.3 Å². The van der Waals surface area contributed by atoms with Gasteiger partial charge >= 0.3 is 0 Å². The number of halogens is 1. The van der Waals surface area contributed by atoms with Crippen molar-refractivity contribution in [1.29, 1.82) is 0 Å². The first-order valence-corrected chi connectivity index (χ1v) is 12.6. The van der Waals surface area contributed by atoms with Gasteiger partial charge in [-0.15, -0.1) is 10.2 Å². The molecule has 0 unspecified atom stereocenters. The number of amides is 2. The minimum atomic E-state index is -0.322. The molecule has 9 heteroatoms. The lowest BCUT2D eigenvalue weighted by atomic mass is 10.0. The standard InChI is InChI=1S/C25H30ClN5O2S/c1-6-31-23(22(15(2)3)28-24(33)18-11-8-7-10-16(18)4)29-30-25(31)34-14-21(32)27-20-13-9-12-19(26)17(20)5/h7-13,15,22H,6,14H2,1-5H3,(H,27,32)(H,28,33)/t22-/m0/s1. The summed E-state index contributed by atoms with van der Waals surface area (Å²) in [6.07, 6.45) is 0. The second-order valence-electron chi connectivity index (χ2n) is 8.34. The third-order valence-electron chi connectivity index (χ3n) is 5.56. The fraction of sp³-hybridized carbons (Fsp3) is 0.360. The van der Waals surface area contributed by atoms with Crippen LogP contribution < -0.4 is 10.6 Å². The Kier molecular flexibility index (Phi) is 8.74. The smallest absolute Gasteiger partial charge is 0.252 e. The third kappa shape index (κ3) is 5.98. The number of hydrogen-bond donors (Lipinski definition) is 2. The van der Waals surface area contributed by atoms with Gasteiger partial charge in [-0.3, -0.25) is 9.59 Å². The van der Waals surface area contributed by atoms with E-state index in [0.717, 1.165) is 11.1 Å². The molecule has 0 aliphatic heterocycles. The van der Waals surface area contributed by atoms with E-state index in [0.29, 0.717) is 33.8 Å². The van der Waals surface area contributed by atoms with Gasteiger partial charge in [0.15, 0.2) is 11.0 Å². The van der Waals surface area contributed by atoms with Crippen molar-refractivity contribution in [2.75, 3.05) is 11.1 Å². The van der Waals surface area contributed by atoms with Crippen molar-refractivity contribution in [2.24, 2.45) is 5.92 Å². The number of carbonyl (C=O) groups is 2. The van der Waals surface area contributed by atoms with Gasteiger partial charge in [-0.25, -0.2) is 0 Å². The number of nitrogens with one attached hydrogen (secondary N) is 2. The SMILES string of the molecule is CCn1c(SCC(=O)Nc2cccc(Cl)c2C)nnc1[C@@H](NC(=O)c1ccccc1C)C(C)C. The van der Waals surface area contributed by atoms with E-state index in [1.165, 1.54) is 11.8 Å². The number of hydrogen-bond acceptors (Lipinski definition) is 5. The summed E-state index contributed by atoms with van der Waals surface area (Å²) in [6.45, 7) is 10.5. The molecule has 7 nitrogen and oxygen atoms in total. The monoisotopic (exact) mass is 499 g/mol. The molecule has 1 heterocycles. The van der Waals surface area contributed by atoms with Crippen LogP contribution in [0.4, 0.5) is 5.69 Å². The predicted molar refractivity (Wildman–Crippen MR) is 137 cm³/mol. The second-order valence-corrected chi connectivity index (χ2v) is 9.69. The summed E-state index contributed by atoms with van der Waals surface area (Å²) in [7, 11) is 0. The highest BCUT2D eigenvalue weighted by Crippen LogP contribution is 2.27. The number of nitrogens with zero attached hydrogens (tertiary/aromatic N) is 3. The number of aromatic nitrogens is 3. The van der Waals surface area contributed by atoms with Crippen molar-refractivity contribution >= 4 is 40.9 Å². The molecule has 1 atom stereocenters. The fourth-order valence-corrected chi connectivity index (χ4v) is 4.55. The van der Waals surface area contributed by atoms with E-state index in [-0.39, 0.29) is 29.5 Å². The Morgan fingerprint density at radius 3 is 2.50 bits per heavy atom. The number of benzene rings is 2. The van der Waals surface area contributed by atoms with Gasteiger partial charge in [-0.05, 0) is 56.0 Å². The Labute approximate surface area is 209 Å². The zero-order chi connectivity index (χ0) is 24.8. The number of thioether (sulfide) groups is 1. The van der Waals surface area contributed by atoms with Gasteiger partial charge < -0.3 is 15.2 Å². The summed E-state index contributed by atoms with van der Waals surface area (Å²) in [5, 5.41) is 16.0. The van der Waals surface area contributed by atoms with Crippen LogP contribution in [0.1, 0.15) is 54.1 Å². The third-order valence-corrected chi connectivity index (χ3v) is 6.93. The first kappa shape index (κ1) is 25.8. The quantitative estimate of drug-likeness (QED) is 0.383. The molecule has 0 spiro atoms. The molecule has 1 aromatic heterocycles. The first-order chi connectivity index (χ1) is 16.2. The highest BCUT2D eigenvalue weighted by Gasteiger charge is 2.26. The van der Waals surface area contributed by atoms with Crippen LogP contribution >= 0.6 is 23.4 Å². The maximum Gasteiger partial charge on any atom is 0.252 e. The van der Waals surface area contributed by atoms with Gasteiger partial charge in [0, 0.05) is 22.8 Å². The van der Waals surface area contributed by atoms with Crippen LogP contribution in [0.3, 0.4) is 0 Å². The number of anilines is 1. The van der Waals surface area contributed by atoms with E-state index in [1.807, 2.05) is 69.5 Å². The zero-order valence-electron chi connectivity index (χ0n) is 20.1. The van der Waals surface area contributed by atoms with E-state index in [4.69, 9.17) is 11.6 Å². The summed E-state index contributed by atoms with van der Waals surface area (Å²) >= 11 is 7.45. The van der Waals surface area contributed by atoms with Crippen LogP contribution in [0.25, 0.3) is 0 Å². The van der Waals surface area contributed by atoms with Crippen molar-refractivity contribution in [3.63, 3.8) is 0 Å². The van der Waals surface area contributed by atoms with Crippen LogP contribution in [-0.4, -0.2) is 32.3 Å². The minimum Gasteiger partial charge on any atom is -0.342 e. The molecule has 180 valence electrons. The van der Waals surface area contributed by atoms with Crippen LogP contribution in [0.5, 0.6) is 0 Å². The molecule has 0 aliphatic carbocycles. The molecule has 3 aromatic rings. The van der Waals surface area contributed by atoms with E-state index in [9.17, 15) is 9.59 Å². The molecular weight excluding hydrogens is 470 g/mol. The Balaban J connectivity index is 1.73. The fourth-order valence-electron chi connectivity index (χ4n) is 3.57. The molecule has 2 aromatic carbocycles. The molecule has 0 fully saturated rings. The number of carbonyl (C=O) groups excluding carboxylic acids is 2. The molecule has 3 rings (SSSR count). The van der Waals surface area contributed by atoms with Gasteiger partial charge in [0.1, 0.15) is 0 Å². The number of rotatable bonds is 9. The normalized spacial score (nSPS) is 12.0. The van der Waals surface area contributed by atoms with E-state index >= 15 is 0 Å². The minimum absolute atomic E-state index is 0.0921. The van der Waals surface area contributed by atoms with Gasteiger partial charge in [0.25, 0.3) is 5.91 Å². The topological polar surface area (TPSA) is 88.9 Å². The van der Waals surface area contributed by atoms with Gasteiger partial charge in [-0.2, -0.15) is 0 Å². The maximum absolute atomic E-state index is 13.0. The molecule has 2 amide bonds. The van der Waals surface area contributed by atoms with E-state index < -0.39 is 0 Å². The lowest BCUT2D eigenvalue weighted by Gasteiger charge is -2.23. The maximum atomic E-state index is 13.0. The molecule has 0 bridgehead atoms. The molecule has 0 radical (unpaired) electrons. The molecular formula is C25H30ClN5O2S. The zero-order valence-corrected chi connectivity index (χ0v) is 21.6. The van der Waals surface area contributed by atoms with Gasteiger partial charge in [0.2, 0.25) is 5.91 Å². The summed E-state index contributed by atoms with van der Waals surface area (Å²) in [6, 6.07) is 12.6. The van der Waals surface area contributed by atoms with Crippen LogP contribution in [0.2, 0.25) is 5.02 Å². The van der Waals surface area contributed by atoms with Crippen molar-refractivity contribution in [1.82, 2.24) is 20.1 Å². The largest absolute Gasteiger partial charge is 0.342 e. The highest BCUT2D eigenvalue weighted by atomic mass is 35.5. The molecule has 0 aliphatic rings. The van der Waals surface area contributed by atoms with E-state index in [2.05, 4.69) is 20.8 Å². The first-order valence-electron chi connectivity index (χ1n) is 11.2. The Morgan fingerprint density at radius 2 is 1.82 bits per heavy atom. The van der Waals surface area contributed by atoms with Crippen LogP contribution in [0, 0.1) is 19.8 Å². The van der Waals surface area contributed by atoms with E-state index in [1.54, 1.807) is 12.1 Å². The summed E-state index contributed by atoms with van der Waals surface area (Å²) < 4.78 is 1.95. The number of aryl methyl sites for hydroxylation is 1. The average molecular weight is 500 g/mol. The van der Waals surface area contributed by atoms with Crippen molar-refractivity contribution < 1.29 is 9.59 Å². The molecule has 0 saturated carbocycles. The van der Waals surface area contributed by atoms with Crippen LogP contribution in [0.15, 0.2) is 47.6 Å². The van der Waals surface area contributed by atoms with Gasteiger partial charge in [-0.1, -0.05) is 61.5 Å². The molecule has 0 saturated heterocycles. The lowest BCUT2D eigenvalue weighted by Crippen LogP contribution is -2.34. The van der Waals surface area contributed by atoms with Gasteiger partial charge in [0.05, 0.1) is 11.8 Å². The molecule has 2 N–H and O–H groups in total. The Hall–Kier alpha value is -2.84. The van der Waals surface area contributed by atoms with Crippen molar-refractivity contribution in [2.45, 2.75) is 52.4 Å². The van der Waals surface area contributed by atoms with Crippen molar-refractivity contribution in [3.8, 4) is 0 Å². The predicted octanol–water partition coefficient (Wildman–Crippen LogP) is 5.43. The molecule has 34 heavy (non-hydrogen) atoms. The Bertz CT molecular complexity index is 1180. The summed E-state index contributed by atoms with van der Waals surface area (Å²) in [4.78, 5) is 25.5. The second kappa shape index (κ2) is 11.5. The average Bonchev–Trinajstić information content (AvgIpc) is 3.21.